The molecule has 2 atom stereocenters. The van der Waals surface area contributed by atoms with Crippen LogP contribution < -0.4 is 21.3 Å². The number of carbonyl (C=O) groups excluding carboxylic acids is 6. The summed E-state index contributed by atoms with van der Waals surface area (Å²) in [5, 5.41) is 28.0. The highest BCUT2D eigenvalue weighted by molar-refractivity contribution is 6.31. The minimum absolute atomic E-state index is 0.132. The van der Waals surface area contributed by atoms with Gasteiger partial charge in [0.15, 0.2) is 11.6 Å². The summed E-state index contributed by atoms with van der Waals surface area (Å²) in [5.41, 5.74) is 5.38. The molecule has 5 aromatic rings. The fourth-order valence-corrected chi connectivity index (χ4v) is 7.50. The third-order valence-corrected chi connectivity index (χ3v) is 10.8. The van der Waals surface area contributed by atoms with Crippen molar-refractivity contribution in [3.8, 4) is 0 Å². The van der Waals surface area contributed by atoms with E-state index in [1.165, 1.54) is 50.2 Å². The quantitative estimate of drug-likeness (QED) is 0.0340. The zero-order chi connectivity index (χ0) is 47.9. The van der Waals surface area contributed by atoms with Gasteiger partial charge in [-0.15, -0.1) is 23.2 Å². The van der Waals surface area contributed by atoms with E-state index in [1.807, 2.05) is 38.1 Å². The van der Waals surface area contributed by atoms with Crippen LogP contribution in [-0.2, 0) is 44.9 Å². The van der Waals surface area contributed by atoms with Crippen molar-refractivity contribution in [1.82, 2.24) is 0 Å². The number of halogens is 4. The van der Waals surface area contributed by atoms with Gasteiger partial charge in [0.1, 0.15) is 0 Å². The molecule has 4 amide bonds. The van der Waals surface area contributed by atoms with Crippen molar-refractivity contribution in [2.45, 2.75) is 65.5 Å². The van der Waals surface area contributed by atoms with Gasteiger partial charge in [-0.3, -0.25) is 28.8 Å². The number of benzene rings is 5. The predicted octanol–water partition coefficient (Wildman–Crippen LogP) is 11.5. The Balaban J connectivity index is 1.30. The molecule has 342 valence electrons. The number of ketones is 2. The van der Waals surface area contributed by atoms with E-state index in [0.717, 1.165) is 11.1 Å². The molecule has 0 aliphatic carbocycles. The number of azo groups is 2. The highest BCUT2D eigenvalue weighted by Crippen LogP contribution is 2.30. The smallest absolute Gasteiger partial charge is 0.258 e. The minimum atomic E-state index is -1.57. The largest absolute Gasteiger partial charge is 0.323 e. The first kappa shape index (κ1) is 50.7. The molecule has 14 nitrogen and oxygen atoms in total. The Morgan fingerprint density at radius 2 is 0.879 bits per heavy atom. The van der Waals surface area contributed by atoms with Crippen LogP contribution in [0.25, 0.3) is 0 Å². The number of anilines is 4. The third kappa shape index (κ3) is 13.8. The van der Waals surface area contributed by atoms with Gasteiger partial charge in [0, 0.05) is 55.7 Å². The molecule has 0 aliphatic heterocycles. The lowest BCUT2D eigenvalue weighted by Crippen LogP contribution is -2.33. The first-order valence-electron chi connectivity index (χ1n) is 20.8. The topological polar surface area (TPSA) is 200 Å². The van der Waals surface area contributed by atoms with Crippen LogP contribution in [0.1, 0.15) is 70.7 Å². The molecule has 0 saturated carbocycles. The SMILES string of the molecule is CCc1cc(NC(=O)C(N=Nc2cc(Cl)cc(C(=O)Nc3ccccc3CCCl)c2)C(C)=O)c(CC)cc1NC(=O)C(N=Nc1cc(Cl)cc(C(=O)Nc2ccccc2CCCl)c1)C(C)=O. The van der Waals surface area contributed by atoms with Gasteiger partial charge in [-0.2, -0.15) is 20.5 Å². The fourth-order valence-electron chi connectivity index (χ4n) is 6.63. The average molecular weight is 973 g/mol. The van der Waals surface area contributed by atoms with Gasteiger partial charge in [0.2, 0.25) is 12.1 Å². The van der Waals surface area contributed by atoms with Crippen LogP contribution in [0.5, 0.6) is 0 Å². The van der Waals surface area contributed by atoms with Crippen molar-refractivity contribution in [3.05, 3.63) is 140 Å². The molecule has 5 aromatic carbocycles. The van der Waals surface area contributed by atoms with Crippen molar-refractivity contribution in [2.24, 2.45) is 20.5 Å². The van der Waals surface area contributed by atoms with E-state index in [9.17, 15) is 28.8 Å². The number of para-hydroxylation sites is 2. The van der Waals surface area contributed by atoms with Crippen LogP contribution in [0.15, 0.2) is 118 Å². The van der Waals surface area contributed by atoms with E-state index >= 15 is 0 Å². The van der Waals surface area contributed by atoms with Crippen molar-refractivity contribution >= 4 is 116 Å². The Labute approximate surface area is 402 Å². The molecule has 0 fully saturated rings. The monoisotopic (exact) mass is 970 g/mol. The summed E-state index contributed by atoms with van der Waals surface area (Å²) in [6.45, 7) is 6.06. The van der Waals surface area contributed by atoms with Crippen molar-refractivity contribution in [1.29, 1.82) is 0 Å². The number of hydrogen-bond donors (Lipinski definition) is 4. The first-order chi connectivity index (χ1) is 31.6. The molecule has 0 radical (unpaired) electrons. The lowest BCUT2D eigenvalue weighted by Gasteiger charge is -2.18. The van der Waals surface area contributed by atoms with E-state index in [2.05, 4.69) is 41.7 Å². The second-order valence-electron chi connectivity index (χ2n) is 14.8. The molecule has 0 aliphatic rings. The second-order valence-corrected chi connectivity index (χ2v) is 16.4. The molecular formula is C48H46Cl4N8O6. The van der Waals surface area contributed by atoms with Crippen molar-refractivity contribution in [2.75, 3.05) is 33.0 Å². The van der Waals surface area contributed by atoms with Crippen LogP contribution in [0.3, 0.4) is 0 Å². The van der Waals surface area contributed by atoms with Crippen LogP contribution in [0.4, 0.5) is 34.1 Å². The predicted molar refractivity (Wildman–Crippen MR) is 261 cm³/mol. The lowest BCUT2D eigenvalue weighted by atomic mass is 10.0. The minimum Gasteiger partial charge on any atom is -0.323 e. The number of Topliss-reactive ketones (excluding diaryl/α,β-unsaturated/α-hetero) is 2. The third-order valence-electron chi connectivity index (χ3n) is 10.00. The number of nitrogens with one attached hydrogen (secondary N) is 4. The summed E-state index contributed by atoms with van der Waals surface area (Å²) in [7, 11) is 0. The van der Waals surface area contributed by atoms with Gasteiger partial charge in [0.25, 0.3) is 23.6 Å². The normalized spacial score (nSPS) is 12.1. The Morgan fingerprint density at radius 1 is 0.500 bits per heavy atom. The zero-order valence-electron chi connectivity index (χ0n) is 36.4. The molecule has 4 N–H and O–H groups in total. The Kier molecular flexibility index (Phi) is 18.6. The number of hydrogen-bond acceptors (Lipinski definition) is 10. The van der Waals surface area contributed by atoms with Crippen LogP contribution >= 0.6 is 46.4 Å². The number of amides is 4. The number of alkyl halides is 2. The summed E-state index contributed by atoms with van der Waals surface area (Å²) in [6.07, 6.45) is 1.86. The molecule has 0 saturated heterocycles. The molecular weight excluding hydrogens is 926 g/mol. The van der Waals surface area contributed by atoms with Gasteiger partial charge >= 0.3 is 0 Å². The molecule has 0 spiro atoms. The highest BCUT2D eigenvalue weighted by Gasteiger charge is 2.27. The summed E-state index contributed by atoms with van der Waals surface area (Å²) in [4.78, 5) is 79.3. The molecule has 0 heterocycles. The molecule has 5 rings (SSSR count). The Bertz CT molecular complexity index is 2530. The zero-order valence-corrected chi connectivity index (χ0v) is 39.4. The number of carbonyl (C=O) groups is 6. The lowest BCUT2D eigenvalue weighted by molar-refractivity contribution is -0.127. The number of aryl methyl sites for hydroxylation is 4. The van der Waals surface area contributed by atoms with E-state index < -0.39 is 47.3 Å². The van der Waals surface area contributed by atoms with E-state index in [0.29, 0.717) is 71.3 Å². The van der Waals surface area contributed by atoms with E-state index in [-0.39, 0.29) is 32.5 Å². The maximum atomic E-state index is 13.6. The second kappa shape index (κ2) is 24.3. The molecule has 2 unspecified atom stereocenters. The molecule has 0 aromatic heterocycles. The van der Waals surface area contributed by atoms with Gasteiger partial charge in [0.05, 0.1) is 11.4 Å². The number of rotatable bonds is 20. The Hall–Kier alpha value is -6.32. The fraction of sp³-hybridized carbons (Fsp3) is 0.250. The maximum absolute atomic E-state index is 13.6. The molecule has 18 heteroatoms. The van der Waals surface area contributed by atoms with Gasteiger partial charge in [-0.05, 0) is 122 Å². The van der Waals surface area contributed by atoms with Gasteiger partial charge in [-0.1, -0.05) is 73.4 Å². The first-order valence-corrected chi connectivity index (χ1v) is 22.6. The summed E-state index contributed by atoms with van der Waals surface area (Å²) >= 11 is 24.5. The summed E-state index contributed by atoms with van der Waals surface area (Å²) < 4.78 is 0. The molecule has 0 bridgehead atoms. The van der Waals surface area contributed by atoms with Crippen LogP contribution in [0.2, 0.25) is 10.0 Å². The number of nitrogens with zero attached hydrogens (tertiary/aromatic N) is 4. The maximum Gasteiger partial charge on any atom is 0.258 e. The average Bonchev–Trinajstić information content (AvgIpc) is 3.27. The van der Waals surface area contributed by atoms with Crippen LogP contribution in [-0.4, -0.2) is 59.0 Å². The van der Waals surface area contributed by atoms with Crippen molar-refractivity contribution in [3.63, 3.8) is 0 Å². The Morgan fingerprint density at radius 3 is 1.23 bits per heavy atom. The van der Waals surface area contributed by atoms with Gasteiger partial charge in [-0.25, -0.2) is 0 Å². The molecule has 66 heavy (non-hydrogen) atoms. The highest BCUT2D eigenvalue weighted by atomic mass is 35.5. The van der Waals surface area contributed by atoms with E-state index in [4.69, 9.17) is 46.4 Å². The van der Waals surface area contributed by atoms with Crippen molar-refractivity contribution < 1.29 is 28.8 Å². The summed E-state index contributed by atoms with van der Waals surface area (Å²) in [6, 6.07) is 23.3. The van der Waals surface area contributed by atoms with E-state index in [1.54, 1.807) is 36.4 Å². The standard InChI is InChI=1S/C48H46Cl4N8O6/c1-5-29-23-42(56-48(66)44(28(4)62)60-58-38-22-34(20-36(52)26-38)46(64)54-40-14-10-8-12-32(40)16-18-50)30(6-2)24-41(29)55-47(65)43(27(3)61)59-57-37-21-33(19-35(51)25-37)45(63)53-39-13-9-7-11-31(39)15-17-49/h7-14,19-26,43-44H,5-6,15-18H2,1-4H3,(H,53,63)(H,54,64)(H,55,65)(H,56,66). The van der Waals surface area contributed by atoms with Crippen LogP contribution in [0, 0.1) is 0 Å². The summed E-state index contributed by atoms with van der Waals surface area (Å²) in [5.74, 6) is -2.94. The van der Waals surface area contributed by atoms with Gasteiger partial charge < -0.3 is 21.3 Å².